The standard InChI is InChI=1S/C18H13ClF3NO3/c1-9-16(12-8-11(25-2)4-6-15(12)26-9)17(24)23-10-3-5-14(19)13(7-10)18(20,21)22/h3-8H,1-2H3,(H,23,24). The van der Waals surface area contributed by atoms with Gasteiger partial charge in [0.15, 0.2) is 0 Å². The molecular formula is C18H13ClF3NO3. The molecule has 26 heavy (non-hydrogen) atoms. The van der Waals surface area contributed by atoms with Crippen molar-refractivity contribution >= 4 is 34.2 Å². The summed E-state index contributed by atoms with van der Waals surface area (Å²) in [6.07, 6.45) is -4.62. The van der Waals surface area contributed by atoms with Gasteiger partial charge in [0, 0.05) is 11.1 Å². The lowest BCUT2D eigenvalue weighted by atomic mass is 10.1. The van der Waals surface area contributed by atoms with Crippen LogP contribution >= 0.6 is 11.6 Å². The molecular weight excluding hydrogens is 371 g/mol. The third-order valence-corrected chi connectivity index (χ3v) is 4.16. The first kappa shape index (κ1) is 18.1. The number of hydrogen-bond acceptors (Lipinski definition) is 3. The van der Waals surface area contributed by atoms with E-state index in [1.807, 2.05) is 0 Å². The molecule has 0 fully saturated rings. The molecule has 0 aliphatic rings. The van der Waals surface area contributed by atoms with Crippen LogP contribution in [0.25, 0.3) is 11.0 Å². The average molecular weight is 384 g/mol. The predicted molar refractivity (Wildman–Crippen MR) is 91.9 cm³/mol. The van der Waals surface area contributed by atoms with E-state index in [1.54, 1.807) is 25.1 Å². The second kappa shape index (κ2) is 6.57. The Labute approximate surface area is 151 Å². The maximum atomic E-state index is 13.0. The van der Waals surface area contributed by atoms with Gasteiger partial charge in [-0.2, -0.15) is 13.2 Å². The zero-order valence-corrected chi connectivity index (χ0v) is 14.5. The van der Waals surface area contributed by atoms with Crippen molar-refractivity contribution in [1.29, 1.82) is 0 Å². The minimum atomic E-state index is -4.62. The SMILES string of the molecule is COc1ccc2oc(C)c(C(=O)Nc3ccc(Cl)c(C(F)(F)F)c3)c2c1. The number of amides is 1. The Morgan fingerprint density at radius 1 is 1.19 bits per heavy atom. The van der Waals surface area contributed by atoms with Crippen LogP contribution in [-0.2, 0) is 6.18 Å². The maximum Gasteiger partial charge on any atom is 0.417 e. The van der Waals surface area contributed by atoms with E-state index in [1.165, 1.54) is 13.2 Å². The van der Waals surface area contributed by atoms with Crippen molar-refractivity contribution in [1.82, 2.24) is 0 Å². The summed E-state index contributed by atoms with van der Waals surface area (Å²) in [5.41, 5.74) is -0.348. The van der Waals surface area contributed by atoms with Gasteiger partial charge in [0.05, 0.1) is 23.3 Å². The minimum absolute atomic E-state index is 0.0247. The van der Waals surface area contributed by atoms with Crippen molar-refractivity contribution in [2.45, 2.75) is 13.1 Å². The van der Waals surface area contributed by atoms with Crippen LogP contribution in [0.15, 0.2) is 40.8 Å². The van der Waals surface area contributed by atoms with Gasteiger partial charge >= 0.3 is 6.18 Å². The van der Waals surface area contributed by atoms with Crippen LogP contribution in [0.1, 0.15) is 21.7 Å². The van der Waals surface area contributed by atoms with Crippen molar-refractivity contribution < 1.29 is 27.1 Å². The highest BCUT2D eigenvalue weighted by Crippen LogP contribution is 2.36. The molecule has 3 rings (SSSR count). The molecule has 0 bridgehead atoms. The summed E-state index contributed by atoms with van der Waals surface area (Å²) in [5, 5.41) is 2.52. The van der Waals surface area contributed by atoms with Gasteiger partial charge in [-0.25, -0.2) is 0 Å². The van der Waals surface area contributed by atoms with Gasteiger partial charge < -0.3 is 14.5 Å². The number of furan rings is 1. The number of anilines is 1. The molecule has 0 aliphatic heterocycles. The number of carbonyl (C=O) groups excluding carboxylic acids is 1. The van der Waals surface area contributed by atoms with E-state index in [4.69, 9.17) is 20.8 Å². The van der Waals surface area contributed by atoms with Gasteiger partial charge in [0.2, 0.25) is 0 Å². The predicted octanol–water partition coefficient (Wildman–Crippen LogP) is 5.67. The van der Waals surface area contributed by atoms with Crippen LogP contribution in [0, 0.1) is 6.92 Å². The number of rotatable bonds is 3. The topological polar surface area (TPSA) is 51.5 Å². The van der Waals surface area contributed by atoms with Gasteiger partial charge in [0.1, 0.15) is 17.1 Å². The Bertz CT molecular complexity index is 995. The molecule has 1 N–H and O–H groups in total. The van der Waals surface area contributed by atoms with Crippen LogP contribution in [0.4, 0.5) is 18.9 Å². The van der Waals surface area contributed by atoms with E-state index in [2.05, 4.69) is 5.32 Å². The highest BCUT2D eigenvalue weighted by molar-refractivity contribution is 6.31. The number of ether oxygens (including phenoxy) is 1. The molecule has 0 saturated carbocycles. The number of fused-ring (bicyclic) bond motifs is 1. The molecule has 0 radical (unpaired) electrons. The van der Waals surface area contributed by atoms with Crippen LogP contribution in [0.3, 0.4) is 0 Å². The quantitative estimate of drug-likeness (QED) is 0.633. The first-order valence-electron chi connectivity index (χ1n) is 7.46. The monoisotopic (exact) mass is 383 g/mol. The molecule has 8 heteroatoms. The summed E-state index contributed by atoms with van der Waals surface area (Å²) in [5.74, 6) is 0.277. The van der Waals surface area contributed by atoms with Gasteiger partial charge in [0.25, 0.3) is 5.91 Å². The van der Waals surface area contributed by atoms with Gasteiger partial charge in [-0.1, -0.05) is 11.6 Å². The number of carbonyl (C=O) groups is 1. The number of benzene rings is 2. The van der Waals surface area contributed by atoms with E-state index in [0.717, 1.165) is 12.1 Å². The molecule has 1 amide bonds. The average Bonchev–Trinajstić information content (AvgIpc) is 2.90. The Kier molecular flexibility index (Phi) is 4.58. The zero-order valence-electron chi connectivity index (χ0n) is 13.7. The van der Waals surface area contributed by atoms with Crippen LogP contribution in [-0.4, -0.2) is 13.0 Å². The van der Waals surface area contributed by atoms with Gasteiger partial charge in [-0.3, -0.25) is 4.79 Å². The molecule has 0 aliphatic carbocycles. The number of aryl methyl sites for hydroxylation is 1. The summed E-state index contributed by atoms with van der Waals surface area (Å²) in [6.45, 7) is 1.60. The number of halogens is 4. The zero-order chi connectivity index (χ0) is 19.1. The number of methoxy groups -OCH3 is 1. The summed E-state index contributed by atoms with van der Waals surface area (Å²) >= 11 is 5.59. The molecule has 0 unspecified atom stereocenters. The minimum Gasteiger partial charge on any atom is -0.497 e. The Morgan fingerprint density at radius 2 is 1.92 bits per heavy atom. The first-order valence-corrected chi connectivity index (χ1v) is 7.83. The summed E-state index contributed by atoms with van der Waals surface area (Å²) in [4.78, 5) is 12.6. The highest BCUT2D eigenvalue weighted by atomic mass is 35.5. The van der Waals surface area contributed by atoms with Gasteiger partial charge in [-0.15, -0.1) is 0 Å². The molecule has 2 aromatic carbocycles. The van der Waals surface area contributed by atoms with Crippen molar-refractivity contribution in [3.05, 3.63) is 58.3 Å². The summed E-state index contributed by atoms with van der Waals surface area (Å²) < 4.78 is 49.6. The largest absolute Gasteiger partial charge is 0.497 e. The van der Waals surface area contributed by atoms with Crippen molar-refractivity contribution in [2.75, 3.05) is 12.4 Å². The molecule has 1 heterocycles. The number of hydrogen-bond donors (Lipinski definition) is 1. The lowest BCUT2D eigenvalue weighted by Crippen LogP contribution is -2.14. The van der Waals surface area contributed by atoms with Crippen LogP contribution in [0.2, 0.25) is 5.02 Å². The smallest absolute Gasteiger partial charge is 0.417 e. The second-order valence-electron chi connectivity index (χ2n) is 5.54. The Hall–Kier alpha value is -2.67. The molecule has 0 atom stereocenters. The fraction of sp³-hybridized carbons (Fsp3) is 0.167. The van der Waals surface area contributed by atoms with Crippen molar-refractivity contribution in [2.24, 2.45) is 0 Å². The van der Waals surface area contributed by atoms with E-state index in [9.17, 15) is 18.0 Å². The maximum absolute atomic E-state index is 13.0. The fourth-order valence-corrected chi connectivity index (χ4v) is 2.85. The molecule has 3 aromatic rings. The van der Waals surface area contributed by atoms with E-state index >= 15 is 0 Å². The highest BCUT2D eigenvalue weighted by Gasteiger charge is 2.33. The van der Waals surface area contributed by atoms with E-state index in [-0.39, 0.29) is 11.3 Å². The molecule has 0 spiro atoms. The molecule has 0 saturated heterocycles. The summed E-state index contributed by atoms with van der Waals surface area (Å²) in [7, 11) is 1.49. The van der Waals surface area contributed by atoms with Crippen molar-refractivity contribution in [3.63, 3.8) is 0 Å². The fourth-order valence-electron chi connectivity index (χ4n) is 2.62. The van der Waals surface area contributed by atoms with Crippen LogP contribution < -0.4 is 10.1 Å². The number of alkyl halides is 3. The van der Waals surface area contributed by atoms with Gasteiger partial charge in [-0.05, 0) is 43.3 Å². The lowest BCUT2D eigenvalue weighted by molar-refractivity contribution is -0.137. The first-order chi connectivity index (χ1) is 12.2. The Balaban J connectivity index is 1.99. The van der Waals surface area contributed by atoms with Crippen LogP contribution in [0.5, 0.6) is 5.75 Å². The van der Waals surface area contributed by atoms with E-state index in [0.29, 0.717) is 22.5 Å². The second-order valence-corrected chi connectivity index (χ2v) is 5.95. The molecule has 136 valence electrons. The van der Waals surface area contributed by atoms with Crippen molar-refractivity contribution in [3.8, 4) is 5.75 Å². The number of nitrogens with one attached hydrogen (secondary N) is 1. The Morgan fingerprint density at radius 3 is 2.58 bits per heavy atom. The van der Waals surface area contributed by atoms with E-state index < -0.39 is 22.7 Å². The third kappa shape index (κ3) is 3.35. The lowest BCUT2D eigenvalue weighted by Gasteiger charge is -2.11. The normalized spacial score (nSPS) is 11.6. The molecule has 1 aromatic heterocycles. The molecule has 4 nitrogen and oxygen atoms in total. The third-order valence-electron chi connectivity index (χ3n) is 3.83. The summed E-state index contributed by atoms with van der Waals surface area (Å²) in [6, 6.07) is 8.14.